The first kappa shape index (κ1) is 9.25. The lowest BCUT2D eigenvalue weighted by Gasteiger charge is -1.92. The van der Waals surface area contributed by atoms with E-state index in [1.54, 1.807) is 0 Å². The van der Waals surface area contributed by atoms with Crippen LogP contribution in [-0.4, -0.2) is 18.9 Å². The number of carbonyl (C=O) groups is 2. The molecule has 0 amide bonds. The lowest BCUT2D eigenvalue weighted by molar-refractivity contribution is 0.0563. The fourth-order valence-electron chi connectivity index (χ4n) is 0.781. The van der Waals surface area contributed by atoms with Crippen molar-refractivity contribution in [1.82, 2.24) is 0 Å². The molecule has 13 heavy (non-hydrogen) atoms. The summed E-state index contributed by atoms with van der Waals surface area (Å²) in [6, 6.07) is 2.78. The van der Waals surface area contributed by atoms with Crippen molar-refractivity contribution in [3.63, 3.8) is 0 Å². The van der Waals surface area contributed by atoms with E-state index in [-0.39, 0.29) is 17.3 Å². The molecule has 0 saturated carbocycles. The molecule has 0 bridgehead atoms. The first-order valence-corrected chi connectivity index (χ1v) is 3.54. The Morgan fingerprint density at radius 3 is 2.62 bits per heavy atom. The Morgan fingerprint density at radius 2 is 2.08 bits per heavy atom. The van der Waals surface area contributed by atoms with Gasteiger partial charge in [0, 0.05) is 0 Å². The first-order chi connectivity index (χ1) is 6.19. The SMILES string of the molecule is C=CC(=O)c1ccc(C(=O)OC)o1. The van der Waals surface area contributed by atoms with Crippen LogP contribution in [0.2, 0.25) is 0 Å². The van der Waals surface area contributed by atoms with Crippen LogP contribution >= 0.6 is 0 Å². The highest BCUT2D eigenvalue weighted by atomic mass is 16.5. The van der Waals surface area contributed by atoms with Crippen LogP contribution in [0.1, 0.15) is 21.1 Å². The van der Waals surface area contributed by atoms with Gasteiger partial charge in [-0.25, -0.2) is 4.79 Å². The molecular weight excluding hydrogens is 172 g/mol. The van der Waals surface area contributed by atoms with Crippen molar-refractivity contribution in [2.75, 3.05) is 7.11 Å². The molecule has 0 saturated heterocycles. The summed E-state index contributed by atoms with van der Waals surface area (Å²) in [4.78, 5) is 21.9. The van der Waals surface area contributed by atoms with Gasteiger partial charge in [-0.3, -0.25) is 4.79 Å². The van der Waals surface area contributed by atoms with Crippen LogP contribution < -0.4 is 0 Å². The fraction of sp³-hybridized carbons (Fsp3) is 0.111. The van der Waals surface area contributed by atoms with E-state index in [0.717, 1.165) is 6.08 Å². The van der Waals surface area contributed by atoms with Gasteiger partial charge in [0.05, 0.1) is 7.11 Å². The van der Waals surface area contributed by atoms with Crippen LogP contribution in [0.3, 0.4) is 0 Å². The fourth-order valence-corrected chi connectivity index (χ4v) is 0.781. The summed E-state index contributed by atoms with van der Waals surface area (Å²) in [5.74, 6) is -0.888. The number of carbonyl (C=O) groups excluding carboxylic acids is 2. The second-order valence-corrected chi connectivity index (χ2v) is 2.22. The Balaban J connectivity index is 2.92. The maximum absolute atomic E-state index is 11.0. The molecule has 1 heterocycles. The molecule has 0 spiro atoms. The summed E-state index contributed by atoms with van der Waals surface area (Å²) in [6.07, 6.45) is 1.11. The minimum Gasteiger partial charge on any atom is -0.463 e. The number of esters is 1. The lowest BCUT2D eigenvalue weighted by Crippen LogP contribution is -1.98. The van der Waals surface area contributed by atoms with E-state index in [9.17, 15) is 9.59 Å². The summed E-state index contributed by atoms with van der Waals surface area (Å²) >= 11 is 0. The Morgan fingerprint density at radius 1 is 1.46 bits per heavy atom. The van der Waals surface area contributed by atoms with E-state index in [1.807, 2.05) is 0 Å². The summed E-state index contributed by atoms with van der Waals surface area (Å²) in [5, 5.41) is 0. The van der Waals surface area contributed by atoms with Crippen LogP contribution in [0, 0.1) is 0 Å². The second kappa shape index (κ2) is 3.71. The standard InChI is InChI=1S/C9H8O4/c1-3-6(10)7-4-5-8(13-7)9(11)12-2/h3-5H,1H2,2H3. The molecule has 0 N–H and O–H groups in total. The van der Waals surface area contributed by atoms with Crippen molar-refractivity contribution in [3.05, 3.63) is 36.3 Å². The zero-order chi connectivity index (χ0) is 9.84. The zero-order valence-corrected chi connectivity index (χ0v) is 7.07. The number of rotatable bonds is 3. The van der Waals surface area contributed by atoms with Crippen molar-refractivity contribution < 1.29 is 18.7 Å². The summed E-state index contributed by atoms with van der Waals surface area (Å²) in [6.45, 7) is 3.29. The Hall–Kier alpha value is -1.84. The second-order valence-electron chi connectivity index (χ2n) is 2.22. The van der Waals surface area contributed by atoms with Crippen LogP contribution in [0.5, 0.6) is 0 Å². The maximum atomic E-state index is 11.0. The average molecular weight is 180 g/mol. The average Bonchev–Trinajstić information content (AvgIpc) is 2.64. The number of hydrogen-bond donors (Lipinski definition) is 0. The van der Waals surface area contributed by atoms with E-state index >= 15 is 0 Å². The van der Waals surface area contributed by atoms with E-state index in [4.69, 9.17) is 4.42 Å². The van der Waals surface area contributed by atoms with Crippen molar-refractivity contribution in [2.45, 2.75) is 0 Å². The molecule has 0 aliphatic heterocycles. The van der Waals surface area contributed by atoms with Crippen LogP contribution in [0.4, 0.5) is 0 Å². The van der Waals surface area contributed by atoms with Gasteiger partial charge >= 0.3 is 5.97 Å². The Labute approximate surface area is 74.8 Å². The molecule has 4 heteroatoms. The van der Waals surface area contributed by atoms with Gasteiger partial charge in [0.2, 0.25) is 11.5 Å². The van der Waals surface area contributed by atoms with Gasteiger partial charge < -0.3 is 9.15 Å². The highest BCUT2D eigenvalue weighted by Gasteiger charge is 2.13. The smallest absolute Gasteiger partial charge is 0.373 e. The van der Waals surface area contributed by atoms with Crippen molar-refractivity contribution in [3.8, 4) is 0 Å². The van der Waals surface area contributed by atoms with Gasteiger partial charge in [-0.05, 0) is 18.2 Å². The van der Waals surface area contributed by atoms with E-state index in [2.05, 4.69) is 11.3 Å². The molecule has 0 fully saturated rings. The van der Waals surface area contributed by atoms with E-state index in [1.165, 1.54) is 19.2 Å². The molecule has 4 nitrogen and oxygen atoms in total. The molecule has 1 aromatic rings. The topological polar surface area (TPSA) is 56.5 Å². The van der Waals surface area contributed by atoms with Gasteiger partial charge in [-0.1, -0.05) is 6.58 Å². The minimum absolute atomic E-state index is 0.00713. The highest BCUT2D eigenvalue weighted by molar-refractivity contribution is 6.02. The molecule has 0 aromatic carbocycles. The lowest BCUT2D eigenvalue weighted by atomic mass is 10.3. The molecule has 0 radical (unpaired) electrons. The normalized spacial score (nSPS) is 9.31. The number of hydrogen-bond acceptors (Lipinski definition) is 4. The van der Waals surface area contributed by atoms with Crippen molar-refractivity contribution in [2.24, 2.45) is 0 Å². The minimum atomic E-state index is -0.608. The third kappa shape index (κ3) is 1.84. The third-order valence-electron chi connectivity index (χ3n) is 1.42. The van der Waals surface area contributed by atoms with Gasteiger partial charge in [0.25, 0.3) is 0 Å². The summed E-state index contributed by atoms with van der Waals surface area (Å²) in [5.41, 5.74) is 0. The Kier molecular flexibility index (Phi) is 2.64. The largest absolute Gasteiger partial charge is 0.463 e. The van der Waals surface area contributed by atoms with E-state index < -0.39 is 5.97 Å². The number of furan rings is 1. The third-order valence-corrected chi connectivity index (χ3v) is 1.42. The first-order valence-electron chi connectivity index (χ1n) is 3.54. The number of ketones is 1. The number of ether oxygens (including phenoxy) is 1. The molecule has 0 aliphatic rings. The predicted octanol–water partition coefficient (Wildman–Crippen LogP) is 1.43. The number of allylic oxidation sites excluding steroid dienone is 1. The molecule has 68 valence electrons. The molecule has 0 aliphatic carbocycles. The molecule has 0 atom stereocenters. The molecule has 1 aromatic heterocycles. The summed E-state index contributed by atoms with van der Waals surface area (Å²) < 4.78 is 9.29. The summed E-state index contributed by atoms with van der Waals surface area (Å²) in [7, 11) is 1.24. The maximum Gasteiger partial charge on any atom is 0.373 e. The van der Waals surface area contributed by atoms with Gasteiger partial charge in [0.1, 0.15) is 0 Å². The highest BCUT2D eigenvalue weighted by Crippen LogP contribution is 2.09. The van der Waals surface area contributed by atoms with Gasteiger partial charge in [-0.2, -0.15) is 0 Å². The van der Waals surface area contributed by atoms with Gasteiger partial charge in [0.15, 0.2) is 5.76 Å². The van der Waals surface area contributed by atoms with Gasteiger partial charge in [-0.15, -0.1) is 0 Å². The van der Waals surface area contributed by atoms with E-state index in [0.29, 0.717) is 0 Å². The van der Waals surface area contributed by atoms with Crippen LogP contribution in [0.15, 0.2) is 29.2 Å². The molecular formula is C9H8O4. The number of methoxy groups -OCH3 is 1. The monoisotopic (exact) mass is 180 g/mol. The van der Waals surface area contributed by atoms with Crippen molar-refractivity contribution in [1.29, 1.82) is 0 Å². The van der Waals surface area contributed by atoms with Crippen LogP contribution in [0.25, 0.3) is 0 Å². The molecule has 1 rings (SSSR count). The zero-order valence-electron chi connectivity index (χ0n) is 7.07. The van der Waals surface area contributed by atoms with Crippen molar-refractivity contribution >= 4 is 11.8 Å². The molecule has 0 unspecified atom stereocenters. The van der Waals surface area contributed by atoms with Crippen LogP contribution in [-0.2, 0) is 4.74 Å². The quantitative estimate of drug-likeness (QED) is 0.401. The Bertz CT molecular complexity index is 348. The predicted molar refractivity (Wildman–Crippen MR) is 44.6 cm³/mol.